The lowest BCUT2D eigenvalue weighted by molar-refractivity contribution is -0.141. The van der Waals surface area contributed by atoms with Gasteiger partial charge in [0.2, 0.25) is 5.91 Å². The molecule has 1 aliphatic heterocycles. The number of carbonyl (C=O) groups excluding carboxylic acids is 2. The Morgan fingerprint density at radius 2 is 2.24 bits per heavy atom. The first-order chi connectivity index (χ1) is 8.16. The summed E-state index contributed by atoms with van der Waals surface area (Å²) in [4.78, 5) is 22.9. The van der Waals surface area contributed by atoms with Crippen LogP contribution in [0.3, 0.4) is 0 Å². The molecular weight excluding hydrogens is 333 g/mol. The van der Waals surface area contributed by atoms with Crippen molar-refractivity contribution in [1.29, 1.82) is 0 Å². The monoisotopic (exact) mass is 345 g/mol. The highest BCUT2D eigenvalue weighted by atomic mass is 127. The minimum atomic E-state index is -0.469. The van der Waals surface area contributed by atoms with E-state index < -0.39 is 6.04 Å². The van der Waals surface area contributed by atoms with Crippen molar-refractivity contribution in [2.45, 2.75) is 18.9 Å². The van der Waals surface area contributed by atoms with Crippen molar-refractivity contribution in [2.24, 2.45) is 0 Å². The summed E-state index contributed by atoms with van der Waals surface area (Å²) in [5.41, 5.74) is 0.969. The number of hydrogen-bond acceptors (Lipinski definition) is 3. The quantitative estimate of drug-likeness (QED) is 0.663. The average Bonchev–Trinajstić information content (AvgIpc) is 2.68. The van der Waals surface area contributed by atoms with Crippen LogP contribution in [0.1, 0.15) is 12.0 Å². The number of halogens is 1. The maximum atomic E-state index is 11.7. The van der Waals surface area contributed by atoms with Gasteiger partial charge in [-0.1, -0.05) is 18.2 Å². The van der Waals surface area contributed by atoms with Crippen LogP contribution in [0.4, 0.5) is 0 Å². The second-order valence-corrected chi connectivity index (χ2v) is 5.01. The molecule has 0 spiro atoms. The third-order valence-corrected chi connectivity index (χ3v) is 3.63. The summed E-state index contributed by atoms with van der Waals surface area (Å²) in [5, 5.41) is 2.69. The van der Waals surface area contributed by atoms with E-state index in [1.165, 1.54) is 0 Å². The summed E-state index contributed by atoms with van der Waals surface area (Å²) in [6, 6.07) is 7.22. The summed E-state index contributed by atoms with van der Waals surface area (Å²) in [6.45, 7) is 0.395. The largest absolute Gasteiger partial charge is 0.464 e. The molecule has 1 atom stereocenters. The molecule has 90 valence electrons. The zero-order valence-corrected chi connectivity index (χ0v) is 11.3. The average molecular weight is 345 g/mol. The van der Waals surface area contributed by atoms with Crippen molar-refractivity contribution in [3.05, 3.63) is 33.4 Å². The van der Waals surface area contributed by atoms with Gasteiger partial charge in [0.15, 0.2) is 0 Å². The fourth-order valence-corrected chi connectivity index (χ4v) is 2.27. The molecule has 0 aliphatic carbocycles. The number of cyclic esters (lactones) is 1. The van der Waals surface area contributed by atoms with Gasteiger partial charge in [-0.3, -0.25) is 4.79 Å². The van der Waals surface area contributed by atoms with Crippen molar-refractivity contribution in [2.75, 3.05) is 6.61 Å². The lowest BCUT2D eigenvalue weighted by atomic mass is 10.1. The van der Waals surface area contributed by atoms with Crippen molar-refractivity contribution in [3.63, 3.8) is 0 Å². The molecule has 1 N–H and O–H groups in total. The molecule has 1 fully saturated rings. The first-order valence-corrected chi connectivity index (χ1v) is 6.44. The number of benzene rings is 1. The summed E-state index contributed by atoms with van der Waals surface area (Å²) < 4.78 is 5.84. The second-order valence-electron chi connectivity index (χ2n) is 3.84. The van der Waals surface area contributed by atoms with E-state index in [0.29, 0.717) is 19.4 Å². The van der Waals surface area contributed by atoms with E-state index in [1.807, 2.05) is 24.3 Å². The van der Waals surface area contributed by atoms with E-state index >= 15 is 0 Å². The van der Waals surface area contributed by atoms with E-state index in [1.54, 1.807) is 0 Å². The fraction of sp³-hybridized carbons (Fsp3) is 0.333. The van der Waals surface area contributed by atoms with E-state index in [-0.39, 0.29) is 11.9 Å². The maximum absolute atomic E-state index is 11.7. The molecule has 0 saturated carbocycles. The molecule has 4 nitrogen and oxygen atoms in total. The zero-order valence-electron chi connectivity index (χ0n) is 9.11. The van der Waals surface area contributed by atoms with Crippen LogP contribution >= 0.6 is 22.6 Å². The smallest absolute Gasteiger partial charge is 0.328 e. The van der Waals surface area contributed by atoms with Crippen LogP contribution in [0.25, 0.3) is 0 Å². The van der Waals surface area contributed by atoms with Gasteiger partial charge in [0.25, 0.3) is 0 Å². The number of carbonyl (C=O) groups is 2. The molecule has 0 radical (unpaired) electrons. The van der Waals surface area contributed by atoms with Gasteiger partial charge in [0.1, 0.15) is 6.04 Å². The van der Waals surface area contributed by atoms with Gasteiger partial charge < -0.3 is 10.1 Å². The summed E-state index contributed by atoms with van der Waals surface area (Å²) in [5.74, 6) is -0.473. The number of ether oxygens (including phenoxy) is 1. The van der Waals surface area contributed by atoms with Crippen molar-refractivity contribution < 1.29 is 14.3 Å². The Hall–Kier alpha value is -1.11. The highest BCUT2D eigenvalue weighted by molar-refractivity contribution is 14.1. The van der Waals surface area contributed by atoms with Crippen LogP contribution in [-0.2, 0) is 20.7 Å². The van der Waals surface area contributed by atoms with Crippen LogP contribution in [0.5, 0.6) is 0 Å². The van der Waals surface area contributed by atoms with E-state index in [2.05, 4.69) is 27.9 Å². The third-order valence-electron chi connectivity index (χ3n) is 2.58. The molecule has 1 aromatic carbocycles. The molecule has 1 saturated heterocycles. The van der Waals surface area contributed by atoms with Crippen LogP contribution in [0.15, 0.2) is 24.3 Å². The van der Waals surface area contributed by atoms with Gasteiger partial charge in [0, 0.05) is 9.99 Å². The Bertz CT molecular complexity index is 447. The lowest BCUT2D eigenvalue weighted by Crippen LogP contribution is -2.38. The van der Waals surface area contributed by atoms with Crippen molar-refractivity contribution >= 4 is 34.5 Å². The topological polar surface area (TPSA) is 55.4 Å². The molecule has 1 unspecified atom stereocenters. The molecule has 1 amide bonds. The summed E-state index contributed by atoms with van der Waals surface area (Å²) in [6.07, 6.45) is 0.860. The van der Waals surface area contributed by atoms with Gasteiger partial charge in [-0.15, -0.1) is 0 Å². The van der Waals surface area contributed by atoms with Gasteiger partial charge in [0.05, 0.1) is 13.0 Å². The van der Waals surface area contributed by atoms with Crippen molar-refractivity contribution in [1.82, 2.24) is 5.32 Å². The van der Waals surface area contributed by atoms with Crippen LogP contribution in [0.2, 0.25) is 0 Å². The molecule has 0 aromatic heterocycles. The summed E-state index contributed by atoms with van der Waals surface area (Å²) >= 11 is 2.19. The lowest BCUT2D eigenvalue weighted by Gasteiger charge is -2.09. The Morgan fingerprint density at radius 3 is 2.88 bits per heavy atom. The second kappa shape index (κ2) is 5.48. The van der Waals surface area contributed by atoms with Gasteiger partial charge in [-0.05, 0) is 34.2 Å². The van der Waals surface area contributed by atoms with Gasteiger partial charge in [-0.25, -0.2) is 4.79 Å². The number of esters is 1. The van der Waals surface area contributed by atoms with Crippen LogP contribution in [0, 0.1) is 3.57 Å². The Labute approximate surface area is 113 Å². The number of hydrogen-bond donors (Lipinski definition) is 1. The molecule has 17 heavy (non-hydrogen) atoms. The fourth-order valence-electron chi connectivity index (χ4n) is 1.69. The van der Waals surface area contributed by atoms with E-state index in [9.17, 15) is 9.59 Å². The third kappa shape index (κ3) is 3.18. The Balaban J connectivity index is 1.93. The van der Waals surface area contributed by atoms with E-state index in [0.717, 1.165) is 9.13 Å². The minimum absolute atomic E-state index is 0.141. The minimum Gasteiger partial charge on any atom is -0.464 e. The van der Waals surface area contributed by atoms with Crippen molar-refractivity contribution in [3.8, 4) is 0 Å². The first kappa shape index (κ1) is 12.3. The highest BCUT2D eigenvalue weighted by Crippen LogP contribution is 2.12. The molecule has 2 rings (SSSR count). The molecular formula is C12H12INO3. The highest BCUT2D eigenvalue weighted by Gasteiger charge is 2.27. The molecule has 1 aliphatic rings. The Morgan fingerprint density at radius 1 is 1.47 bits per heavy atom. The zero-order chi connectivity index (χ0) is 12.3. The maximum Gasteiger partial charge on any atom is 0.328 e. The normalized spacial score (nSPS) is 18.9. The predicted octanol–water partition coefficient (Wildman–Crippen LogP) is 1.27. The Kier molecular flexibility index (Phi) is 3.98. The number of nitrogens with one attached hydrogen (secondary N) is 1. The van der Waals surface area contributed by atoms with Crippen LogP contribution < -0.4 is 5.32 Å². The first-order valence-electron chi connectivity index (χ1n) is 5.36. The van der Waals surface area contributed by atoms with Gasteiger partial charge >= 0.3 is 5.97 Å². The number of rotatable bonds is 3. The molecule has 0 bridgehead atoms. The van der Waals surface area contributed by atoms with E-state index in [4.69, 9.17) is 4.74 Å². The summed E-state index contributed by atoms with van der Waals surface area (Å²) in [7, 11) is 0. The SMILES string of the molecule is O=C(Cc1ccccc1I)NC1CCOC1=O. The predicted molar refractivity (Wildman–Crippen MR) is 70.4 cm³/mol. The number of amides is 1. The van der Waals surface area contributed by atoms with Gasteiger partial charge in [-0.2, -0.15) is 0 Å². The van der Waals surface area contributed by atoms with Crippen LogP contribution in [-0.4, -0.2) is 24.5 Å². The molecule has 1 aromatic rings. The molecule has 5 heteroatoms. The standard InChI is InChI=1S/C12H12INO3/c13-9-4-2-1-3-8(9)7-11(15)14-10-5-6-17-12(10)16/h1-4,10H,5-7H2,(H,14,15). The molecule has 1 heterocycles.